The zero-order chi connectivity index (χ0) is 15.6. The van der Waals surface area contributed by atoms with E-state index in [0.29, 0.717) is 17.9 Å². The van der Waals surface area contributed by atoms with Crippen LogP contribution in [0.1, 0.15) is 28.8 Å². The summed E-state index contributed by atoms with van der Waals surface area (Å²) in [4.78, 5) is 11.6. The molecular weight excluding hydrogens is 303 g/mol. The van der Waals surface area contributed by atoms with E-state index in [9.17, 15) is 17.1 Å². The maximum Gasteiger partial charge on any atom is 0.488 e. The number of ether oxygens (including phenoxy) is 2. The third kappa shape index (κ3) is 4.07. The zero-order valence-corrected chi connectivity index (χ0v) is 12.4. The van der Waals surface area contributed by atoms with Crippen molar-refractivity contribution in [3.8, 4) is 11.5 Å². The van der Waals surface area contributed by atoms with Gasteiger partial charge in [0, 0.05) is 5.56 Å². The maximum absolute atomic E-state index is 12.9. The first kappa shape index (κ1) is 15.6. The van der Waals surface area contributed by atoms with Crippen molar-refractivity contribution >= 4 is 16.5 Å². The quantitative estimate of drug-likeness (QED) is 0.590. The van der Waals surface area contributed by atoms with Crippen LogP contribution in [0.25, 0.3) is 0 Å². The summed E-state index contributed by atoms with van der Waals surface area (Å²) in [7, 11) is -2.68. The van der Waals surface area contributed by atoms with E-state index in [1.807, 2.05) is 0 Å². The summed E-state index contributed by atoms with van der Waals surface area (Å²) in [6.07, 6.45) is 2.46. The molecule has 6 nitrogen and oxygen atoms in total. The van der Waals surface area contributed by atoms with Gasteiger partial charge in [0.15, 0.2) is 11.5 Å². The molecule has 21 heavy (non-hydrogen) atoms. The highest BCUT2D eigenvalue weighted by atomic mass is 32.3. The van der Waals surface area contributed by atoms with Gasteiger partial charge in [-0.05, 0) is 37.3 Å². The van der Waals surface area contributed by atoms with Crippen LogP contribution >= 0.6 is 0 Å². The summed E-state index contributed by atoms with van der Waals surface area (Å²) in [5.41, 5.74) is 0.590. The Labute approximate surface area is 122 Å². The van der Waals surface area contributed by atoms with E-state index >= 15 is 0 Å². The largest absolute Gasteiger partial charge is 0.493 e. The molecule has 0 bridgehead atoms. The monoisotopic (exact) mass is 318 g/mol. The second-order valence-corrected chi connectivity index (χ2v) is 5.74. The molecule has 1 aromatic rings. The van der Waals surface area contributed by atoms with Crippen molar-refractivity contribution in [3.63, 3.8) is 0 Å². The van der Waals surface area contributed by atoms with Gasteiger partial charge >= 0.3 is 16.5 Å². The molecule has 8 heteroatoms. The second kappa shape index (κ2) is 5.88. The van der Waals surface area contributed by atoms with Gasteiger partial charge in [0.05, 0.1) is 19.8 Å². The van der Waals surface area contributed by atoms with Crippen LogP contribution in [0.5, 0.6) is 11.5 Å². The van der Waals surface area contributed by atoms with E-state index in [1.165, 1.54) is 26.4 Å². The summed E-state index contributed by atoms with van der Waals surface area (Å²) in [6.45, 7) is 0. The highest BCUT2D eigenvalue weighted by molar-refractivity contribution is 7.81. The van der Waals surface area contributed by atoms with Gasteiger partial charge in [-0.1, -0.05) is 3.89 Å². The predicted octanol–water partition coefficient (Wildman–Crippen LogP) is 2.03. The van der Waals surface area contributed by atoms with Crippen LogP contribution in [0.15, 0.2) is 12.1 Å². The number of methoxy groups -OCH3 is 2. The molecule has 1 aliphatic rings. The fraction of sp³-hybridized carbons (Fsp3) is 0.462. The van der Waals surface area contributed by atoms with Gasteiger partial charge in [-0.3, -0.25) is 0 Å². The first-order valence-electron chi connectivity index (χ1n) is 6.27. The average molecular weight is 318 g/mol. The van der Waals surface area contributed by atoms with Crippen LogP contribution < -0.4 is 8.92 Å². The molecule has 116 valence electrons. The minimum absolute atomic E-state index is 0.0326. The first-order valence-corrected chi connectivity index (χ1v) is 7.58. The third-order valence-electron chi connectivity index (χ3n) is 3.16. The van der Waals surface area contributed by atoms with Crippen LogP contribution in [0.3, 0.4) is 0 Å². The van der Waals surface area contributed by atoms with Crippen molar-refractivity contribution in [2.75, 3.05) is 14.2 Å². The van der Waals surface area contributed by atoms with Crippen LogP contribution in [-0.4, -0.2) is 28.6 Å². The summed E-state index contributed by atoms with van der Waals surface area (Å²) in [6, 6.07) is 2.69. The molecule has 1 fully saturated rings. The number of carbonyl (C=O) groups excluding carboxylic acids is 1. The molecule has 1 saturated carbocycles. The first-order chi connectivity index (χ1) is 9.84. The number of hydrogen-bond donors (Lipinski definition) is 0. The Morgan fingerprint density at radius 3 is 2.48 bits per heavy atom. The van der Waals surface area contributed by atoms with Gasteiger partial charge in [-0.25, -0.2) is 4.79 Å². The van der Waals surface area contributed by atoms with E-state index in [0.717, 1.165) is 12.8 Å². The topological polar surface area (TPSA) is 78.9 Å². The summed E-state index contributed by atoms with van der Waals surface area (Å²) < 4.78 is 48.4. The molecule has 0 saturated heterocycles. The Bertz CT molecular complexity index is 651. The number of halogens is 1. The Kier molecular flexibility index (Phi) is 4.36. The molecule has 0 N–H and O–H groups in total. The fourth-order valence-corrected chi connectivity index (χ4v) is 2.41. The van der Waals surface area contributed by atoms with Gasteiger partial charge in [-0.15, -0.1) is 0 Å². The summed E-state index contributed by atoms with van der Waals surface area (Å²) in [5.74, 6) is -0.485. The van der Waals surface area contributed by atoms with E-state index in [-0.39, 0.29) is 17.1 Å². The van der Waals surface area contributed by atoms with Gasteiger partial charge in [0.1, 0.15) is 0 Å². The summed E-state index contributed by atoms with van der Waals surface area (Å²) >= 11 is 0. The van der Waals surface area contributed by atoms with Gasteiger partial charge < -0.3 is 13.7 Å². The molecule has 0 unspecified atom stereocenters. The number of rotatable bonds is 6. The number of benzene rings is 1. The Morgan fingerprint density at radius 2 is 2.00 bits per heavy atom. The van der Waals surface area contributed by atoms with E-state index in [4.69, 9.17) is 4.74 Å². The minimum Gasteiger partial charge on any atom is -0.493 e. The predicted molar refractivity (Wildman–Crippen MR) is 71.4 cm³/mol. The fourth-order valence-electron chi connectivity index (χ4n) is 2.03. The van der Waals surface area contributed by atoms with Crippen molar-refractivity contribution < 1.29 is 30.8 Å². The van der Waals surface area contributed by atoms with Crippen molar-refractivity contribution in [2.45, 2.75) is 19.3 Å². The molecule has 1 aliphatic carbocycles. The molecule has 1 aromatic carbocycles. The molecule has 0 aromatic heterocycles. The lowest BCUT2D eigenvalue weighted by Crippen LogP contribution is -2.09. The lowest BCUT2D eigenvalue weighted by atomic mass is 10.0. The zero-order valence-electron chi connectivity index (χ0n) is 11.6. The summed E-state index contributed by atoms with van der Waals surface area (Å²) in [5, 5.41) is 0. The molecule has 2 rings (SSSR count). The Hall–Kier alpha value is -1.83. The third-order valence-corrected chi connectivity index (χ3v) is 3.53. The van der Waals surface area contributed by atoms with E-state index in [1.54, 1.807) is 0 Å². The Morgan fingerprint density at radius 1 is 1.33 bits per heavy atom. The molecular formula is C13H15FO6S. The number of esters is 1. The van der Waals surface area contributed by atoms with Crippen LogP contribution in [-0.2, 0) is 21.7 Å². The number of carbonyl (C=O) groups is 1. The Balaban J connectivity index is 2.50. The normalized spacial score (nSPS) is 14.6. The van der Waals surface area contributed by atoms with Gasteiger partial charge in [-0.2, -0.15) is 8.42 Å². The van der Waals surface area contributed by atoms with Gasteiger partial charge in [0.25, 0.3) is 0 Å². The van der Waals surface area contributed by atoms with Gasteiger partial charge in [0.2, 0.25) is 0 Å². The molecule has 0 aliphatic heterocycles. The average Bonchev–Trinajstić information content (AvgIpc) is 3.22. The van der Waals surface area contributed by atoms with Crippen molar-refractivity contribution in [3.05, 3.63) is 23.3 Å². The molecule has 0 radical (unpaired) electrons. The van der Waals surface area contributed by atoms with Crippen molar-refractivity contribution in [2.24, 2.45) is 5.92 Å². The van der Waals surface area contributed by atoms with E-state index < -0.39 is 16.5 Å². The molecule has 0 amide bonds. The SMILES string of the molecule is COC(=O)c1cc(CC2CC2)c(OS(=O)(=O)F)c(OC)c1. The van der Waals surface area contributed by atoms with Crippen LogP contribution in [0.2, 0.25) is 0 Å². The maximum atomic E-state index is 12.9. The highest BCUT2D eigenvalue weighted by Crippen LogP contribution is 2.40. The highest BCUT2D eigenvalue weighted by Gasteiger charge is 2.28. The second-order valence-electron chi connectivity index (χ2n) is 4.78. The smallest absolute Gasteiger partial charge is 0.488 e. The lowest BCUT2D eigenvalue weighted by molar-refractivity contribution is 0.0600. The molecule has 0 atom stereocenters. The van der Waals surface area contributed by atoms with Crippen molar-refractivity contribution in [1.82, 2.24) is 0 Å². The van der Waals surface area contributed by atoms with Crippen molar-refractivity contribution in [1.29, 1.82) is 0 Å². The van der Waals surface area contributed by atoms with E-state index in [2.05, 4.69) is 8.92 Å². The minimum atomic E-state index is -5.18. The van der Waals surface area contributed by atoms with Crippen LogP contribution in [0, 0.1) is 5.92 Å². The molecule has 0 spiro atoms. The lowest BCUT2D eigenvalue weighted by Gasteiger charge is -2.14. The van der Waals surface area contributed by atoms with Crippen LogP contribution in [0.4, 0.5) is 3.89 Å². The number of hydrogen-bond acceptors (Lipinski definition) is 6. The standard InChI is InChI=1S/C13H15FO6S/c1-18-11-7-10(13(15)19-2)6-9(5-8-3-4-8)12(11)20-21(14,16)17/h6-8H,3-5H2,1-2H3. The molecule has 0 heterocycles.